The average molecular weight is 342 g/mol. The van der Waals surface area contributed by atoms with Gasteiger partial charge in [0.25, 0.3) is 0 Å². The minimum absolute atomic E-state index is 0.0585. The fourth-order valence-electron chi connectivity index (χ4n) is 1.92. The first-order chi connectivity index (χ1) is 11.2. The molecule has 1 heterocycles. The van der Waals surface area contributed by atoms with E-state index in [0.717, 1.165) is 6.07 Å². The van der Waals surface area contributed by atoms with E-state index in [1.807, 2.05) is 13.8 Å². The highest BCUT2D eigenvalue weighted by atomic mass is 19.4. The van der Waals surface area contributed by atoms with Gasteiger partial charge in [-0.3, -0.25) is 0 Å². The van der Waals surface area contributed by atoms with Gasteiger partial charge in [-0.25, -0.2) is 9.37 Å². The van der Waals surface area contributed by atoms with Gasteiger partial charge >= 0.3 is 6.18 Å². The number of benzene rings is 1. The predicted octanol–water partition coefficient (Wildman–Crippen LogP) is 4.90. The molecule has 0 bridgehead atoms. The van der Waals surface area contributed by atoms with Gasteiger partial charge in [-0.1, -0.05) is 13.0 Å². The molecule has 0 aliphatic heterocycles. The molecule has 0 unspecified atom stereocenters. The molecule has 0 amide bonds. The van der Waals surface area contributed by atoms with E-state index in [1.165, 1.54) is 19.1 Å². The molecular weight excluding hydrogens is 324 g/mol. The van der Waals surface area contributed by atoms with Crippen molar-refractivity contribution in [2.24, 2.45) is 0 Å². The fraction of sp³-hybridized carbons (Fsp3) is 0.375. The van der Waals surface area contributed by atoms with Gasteiger partial charge in [-0.15, -0.1) is 0 Å². The molecule has 0 radical (unpaired) electrons. The van der Waals surface area contributed by atoms with Crippen molar-refractivity contribution in [3.63, 3.8) is 0 Å². The number of rotatable bonds is 5. The Labute approximate surface area is 137 Å². The Bertz CT molecular complexity index is 716. The minimum Gasteiger partial charge on any atom is -0.352 e. The second-order valence-electron chi connectivity index (χ2n) is 5.45. The molecule has 0 saturated heterocycles. The van der Waals surface area contributed by atoms with Gasteiger partial charge in [-0.05, 0) is 32.4 Å². The van der Waals surface area contributed by atoms with Crippen molar-refractivity contribution in [2.75, 3.05) is 10.6 Å². The lowest BCUT2D eigenvalue weighted by molar-refractivity contribution is -0.141. The summed E-state index contributed by atoms with van der Waals surface area (Å²) in [7, 11) is 0. The monoisotopic (exact) mass is 342 g/mol. The second kappa shape index (κ2) is 7.02. The van der Waals surface area contributed by atoms with Crippen molar-refractivity contribution in [3.8, 4) is 0 Å². The van der Waals surface area contributed by atoms with Crippen LogP contribution in [0.4, 0.5) is 35.0 Å². The van der Waals surface area contributed by atoms with Crippen molar-refractivity contribution in [2.45, 2.75) is 39.4 Å². The summed E-state index contributed by atoms with van der Waals surface area (Å²) < 4.78 is 52.7. The number of nitrogens with zero attached hydrogens (tertiary/aromatic N) is 2. The molecule has 2 N–H and O–H groups in total. The first kappa shape index (κ1) is 18.0. The van der Waals surface area contributed by atoms with Crippen LogP contribution in [-0.2, 0) is 6.18 Å². The third kappa shape index (κ3) is 4.33. The average Bonchev–Trinajstić information content (AvgIpc) is 2.50. The van der Waals surface area contributed by atoms with Crippen molar-refractivity contribution < 1.29 is 17.6 Å². The summed E-state index contributed by atoms with van der Waals surface area (Å²) in [4.78, 5) is 7.56. The first-order valence-electron chi connectivity index (χ1n) is 7.45. The number of hydrogen-bond acceptors (Lipinski definition) is 4. The Morgan fingerprint density at radius 2 is 1.92 bits per heavy atom. The Kier molecular flexibility index (Phi) is 5.26. The van der Waals surface area contributed by atoms with Crippen LogP contribution < -0.4 is 10.6 Å². The van der Waals surface area contributed by atoms with Crippen molar-refractivity contribution in [3.05, 3.63) is 41.3 Å². The van der Waals surface area contributed by atoms with Crippen molar-refractivity contribution in [1.82, 2.24) is 9.97 Å². The van der Waals surface area contributed by atoms with E-state index in [2.05, 4.69) is 20.6 Å². The van der Waals surface area contributed by atoms with E-state index in [9.17, 15) is 17.6 Å². The lowest BCUT2D eigenvalue weighted by Gasteiger charge is -2.16. The standard InChI is InChI=1S/C16H18F4N4/c1-4-9(2)21-15-23-13(16(18,19)20)8-14(24-15)22-12-7-5-6-11(17)10(12)3/h5-9H,4H2,1-3H3,(H2,21,22,23,24)/t9-/m0/s1. The minimum atomic E-state index is -4.61. The van der Waals surface area contributed by atoms with Gasteiger partial charge in [0.2, 0.25) is 5.95 Å². The van der Waals surface area contributed by atoms with Crippen LogP contribution in [0.2, 0.25) is 0 Å². The van der Waals surface area contributed by atoms with Gasteiger partial charge < -0.3 is 10.6 Å². The van der Waals surface area contributed by atoms with E-state index >= 15 is 0 Å². The topological polar surface area (TPSA) is 49.8 Å². The molecule has 0 spiro atoms. The molecule has 1 aromatic heterocycles. The molecule has 0 saturated carbocycles. The van der Waals surface area contributed by atoms with Crippen molar-refractivity contribution >= 4 is 17.5 Å². The molecule has 2 aromatic rings. The molecule has 4 nitrogen and oxygen atoms in total. The van der Waals surface area contributed by atoms with Crippen LogP contribution in [0.15, 0.2) is 24.3 Å². The zero-order valence-electron chi connectivity index (χ0n) is 13.5. The number of aromatic nitrogens is 2. The normalized spacial score (nSPS) is 12.8. The maximum absolute atomic E-state index is 13.6. The van der Waals surface area contributed by atoms with Crippen LogP contribution >= 0.6 is 0 Å². The highest BCUT2D eigenvalue weighted by Crippen LogP contribution is 2.31. The van der Waals surface area contributed by atoms with E-state index < -0.39 is 17.7 Å². The summed E-state index contributed by atoms with van der Waals surface area (Å²) in [5.41, 5.74) is -0.433. The van der Waals surface area contributed by atoms with Gasteiger partial charge in [-0.2, -0.15) is 18.2 Å². The smallest absolute Gasteiger partial charge is 0.352 e. The molecule has 0 aliphatic carbocycles. The molecule has 2 rings (SSSR count). The first-order valence-corrected chi connectivity index (χ1v) is 7.45. The highest BCUT2D eigenvalue weighted by Gasteiger charge is 2.34. The summed E-state index contributed by atoms with van der Waals surface area (Å²) >= 11 is 0. The van der Waals surface area contributed by atoms with E-state index in [-0.39, 0.29) is 17.8 Å². The molecule has 0 fully saturated rings. The lowest BCUT2D eigenvalue weighted by atomic mass is 10.2. The summed E-state index contributed by atoms with van der Waals surface area (Å²) in [5.74, 6) is -0.643. The molecule has 130 valence electrons. The predicted molar refractivity (Wildman–Crippen MR) is 84.8 cm³/mol. The maximum atomic E-state index is 13.6. The largest absolute Gasteiger partial charge is 0.433 e. The molecule has 0 aliphatic rings. The summed E-state index contributed by atoms with van der Waals surface area (Å²) in [5, 5.41) is 5.55. The van der Waals surface area contributed by atoms with Crippen LogP contribution in [0.3, 0.4) is 0 Å². The summed E-state index contributed by atoms with van der Waals surface area (Å²) in [6.07, 6.45) is -3.91. The van der Waals surface area contributed by atoms with E-state index in [4.69, 9.17) is 0 Å². The molecule has 8 heteroatoms. The Balaban J connectivity index is 2.41. The maximum Gasteiger partial charge on any atom is 0.433 e. The van der Waals surface area contributed by atoms with Gasteiger partial charge in [0, 0.05) is 23.4 Å². The molecule has 1 aromatic carbocycles. The number of alkyl halides is 3. The van der Waals surface area contributed by atoms with Crippen molar-refractivity contribution in [1.29, 1.82) is 0 Å². The molecule has 1 atom stereocenters. The van der Waals surface area contributed by atoms with Crippen LogP contribution in [-0.4, -0.2) is 16.0 Å². The quantitative estimate of drug-likeness (QED) is 0.759. The number of nitrogens with one attached hydrogen (secondary N) is 2. The number of anilines is 3. The third-order valence-corrected chi connectivity index (χ3v) is 3.53. The highest BCUT2D eigenvalue weighted by molar-refractivity contribution is 5.61. The van der Waals surface area contributed by atoms with Gasteiger partial charge in [0.15, 0.2) is 5.69 Å². The Hall–Kier alpha value is -2.38. The van der Waals surface area contributed by atoms with Crippen LogP contribution in [0, 0.1) is 12.7 Å². The zero-order chi connectivity index (χ0) is 17.9. The van der Waals surface area contributed by atoms with Gasteiger partial charge in [0.1, 0.15) is 11.6 Å². The second-order valence-corrected chi connectivity index (χ2v) is 5.45. The number of hydrogen-bond donors (Lipinski definition) is 2. The Morgan fingerprint density at radius 3 is 2.54 bits per heavy atom. The Morgan fingerprint density at radius 1 is 1.21 bits per heavy atom. The SMILES string of the molecule is CC[C@H](C)Nc1nc(Nc2cccc(F)c2C)cc(C(F)(F)F)n1. The van der Waals surface area contributed by atoms with Crippen LogP contribution in [0.25, 0.3) is 0 Å². The molecular formula is C16H18F4N4. The van der Waals surface area contributed by atoms with E-state index in [0.29, 0.717) is 17.7 Å². The van der Waals surface area contributed by atoms with Gasteiger partial charge in [0.05, 0.1) is 0 Å². The van der Waals surface area contributed by atoms with Crippen LogP contribution in [0.1, 0.15) is 31.5 Å². The fourth-order valence-corrected chi connectivity index (χ4v) is 1.92. The summed E-state index contributed by atoms with van der Waals surface area (Å²) in [6.45, 7) is 5.23. The number of halogens is 4. The molecule has 24 heavy (non-hydrogen) atoms. The summed E-state index contributed by atoms with van der Waals surface area (Å²) in [6, 6.07) is 5.02. The lowest BCUT2D eigenvalue weighted by Crippen LogP contribution is -2.18. The van der Waals surface area contributed by atoms with Crippen LogP contribution in [0.5, 0.6) is 0 Å². The zero-order valence-corrected chi connectivity index (χ0v) is 13.5. The third-order valence-electron chi connectivity index (χ3n) is 3.53. The van der Waals surface area contributed by atoms with E-state index in [1.54, 1.807) is 6.07 Å².